The van der Waals surface area contributed by atoms with Crippen LogP contribution in [0.4, 0.5) is 11.5 Å². The zero-order chi connectivity index (χ0) is 19.8. The number of rotatable bonds is 6. The van der Waals surface area contributed by atoms with E-state index in [4.69, 9.17) is 23.2 Å². The van der Waals surface area contributed by atoms with Crippen molar-refractivity contribution in [2.75, 3.05) is 5.32 Å². The van der Waals surface area contributed by atoms with Gasteiger partial charge in [-0.05, 0) is 28.4 Å². The molecule has 0 amide bonds. The van der Waals surface area contributed by atoms with E-state index in [-0.39, 0.29) is 20.2 Å². The van der Waals surface area contributed by atoms with Crippen LogP contribution in [0.3, 0.4) is 0 Å². The van der Waals surface area contributed by atoms with Crippen molar-refractivity contribution in [2.45, 2.75) is 19.8 Å². The number of thioether (sulfide) groups is 1. The van der Waals surface area contributed by atoms with Gasteiger partial charge in [-0.2, -0.15) is 4.98 Å². The molecule has 0 unspecified atom stereocenters. The molecule has 2 aromatic rings. The summed E-state index contributed by atoms with van der Waals surface area (Å²) < 4.78 is -0.00903. The summed E-state index contributed by atoms with van der Waals surface area (Å²) in [4.78, 5) is 9.25. The number of aromatic nitrogens is 2. The van der Waals surface area contributed by atoms with Crippen molar-refractivity contribution in [3.8, 4) is 0 Å². The lowest BCUT2D eigenvalue weighted by Gasteiger charge is -2.52. The van der Waals surface area contributed by atoms with Crippen LogP contribution in [0.25, 0.3) is 0 Å². The van der Waals surface area contributed by atoms with E-state index in [0.29, 0.717) is 10.8 Å². The van der Waals surface area contributed by atoms with Crippen LogP contribution in [0.5, 0.6) is 0 Å². The second kappa shape index (κ2) is 7.85. The summed E-state index contributed by atoms with van der Waals surface area (Å²) in [5.41, 5.74) is 0.953. The Hall–Kier alpha value is -0.515. The Kier molecular flexibility index (Phi) is 6.57. The zero-order valence-corrected chi connectivity index (χ0v) is 18.8. The Balaban J connectivity index is 2.44. The summed E-state index contributed by atoms with van der Waals surface area (Å²) in [6, 6.07) is 8.20. The van der Waals surface area contributed by atoms with Gasteiger partial charge in [0.05, 0.1) is 59.0 Å². The molecule has 0 fully saturated rings. The van der Waals surface area contributed by atoms with Gasteiger partial charge < -0.3 is 5.32 Å². The molecule has 0 aliphatic rings. The molecular weight excluding hydrogens is 377 g/mol. The van der Waals surface area contributed by atoms with Gasteiger partial charge in [0.25, 0.3) is 0 Å². The van der Waals surface area contributed by atoms with Gasteiger partial charge in [0.1, 0.15) is 12.9 Å². The average molecular weight is 397 g/mol. The van der Waals surface area contributed by atoms with E-state index in [1.807, 2.05) is 30.0 Å². The Morgan fingerprint density at radius 3 is 2.08 bits per heavy atom. The Bertz CT molecular complexity index is 784. The van der Waals surface area contributed by atoms with Gasteiger partial charge in [-0.15, -0.1) is 22.0 Å². The van der Waals surface area contributed by atoms with Gasteiger partial charge in [0, 0.05) is 4.90 Å². The number of anilines is 2. The second-order valence-corrected chi connectivity index (χ2v) is 10.8. The molecule has 0 saturated heterocycles. The maximum Gasteiger partial charge on any atom is 0.224 e. The molecule has 2 rings (SSSR count). The number of para-hydroxylation sites is 1. The second-order valence-electron chi connectivity index (χ2n) is 8.59. The van der Waals surface area contributed by atoms with Crippen molar-refractivity contribution in [2.24, 2.45) is 0 Å². The largest absolute Gasteiger partial charge is 0.338 e. The first kappa shape index (κ1) is 21.8. The standard InChI is InChI=1S/C13H20B7Cl2N3S/c14-11(12(15,16)17,13(18,19)20)26-8-4-2-1-3-7(8)24-9-6(21)5-23-10(22)25-9/h1-5H,14-20H2,(H,23,24,25). The Morgan fingerprint density at radius 1 is 0.923 bits per heavy atom. The maximum absolute atomic E-state index is 6.22. The van der Waals surface area contributed by atoms with Crippen molar-refractivity contribution in [3.05, 3.63) is 40.8 Å². The van der Waals surface area contributed by atoms with Crippen LogP contribution in [0.2, 0.25) is 20.5 Å². The minimum Gasteiger partial charge on any atom is -0.338 e. The summed E-state index contributed by atoms with van der Waals surface area (Å²) in [6.07, 6.45) is 1.50. The van der Waals surface area contributed by atoms with Gasteiger partial charge >= 0.3 is 0 Å². The summed E-state index contributed by atoms with van der Waals surface area (Å²) in [7, 11) is 16.1. The Labute approximate surface area is 176 Å². The molecule has 1 heterocycles. The molecule has 1 aromatic heterocycles. The minimum atomic E-state index is -0.00903. The van der Waals surface area contributed by atoms with Crippen molar-refractivity contribution in [3.63, 3.8) is 0 Å². The van der Waals surface area contributed by atoms with Crippen molar-refractivity contribution in [1.29, 1.82) is 0 Å². The van der Waals surface area contributed by atoms with Crippen LogP contribution in [-0.4, -0.2) is 69.5 Å². The maximum atomic E-state index is 6.22. The highest BCUT2D eigenvalue weighted by molar-refractivity contribution is 8.02. The van der Waals surface area contributed by atoms with Gasteiger partial charge in [0.2, 0.25) is 5.28 Å². The molecule has 0 aliphatic heterocycles. The molecule has 1 aromatic carbocycles. The number of halogens is 2. The highest BCUT2D eigenvalue weighted by Gasteiger charge is 2.46. The fraction of sp³-hybridized carbons (Fsp3) is 0.231. The number of nitrogens with one attached hydrogen (secondary N) is 1. The van der Waals surface area contributed by atoms with Gasteiger partial charge in [-0.25, -0.2) is 4.98 Å². The van der Waals surface area contributed by atoms with E-state index >= 15 is 0 Å². The molecule has 0 atom stereocenters. The average Bonchev–Trinajstić information content (AvgIpc) is 2.50. The fourth-order valence-electron chi connectivity index (χ4n) is 2.87. The Morgan fingerprint density at radius 2 is 1.50 bits per heavy atom. The molecule has 128 valence electrons. The fourth-order valence-corrected chi connectivity index (χ4v) is 4.57. The van der Waals surface area contributed by atoms with Crippen LogP contribution < -0.4 is 5.32 Å². The third-order valence-corrected chi connectivity index (χ3v) is 7.70. The molecule has 1 N–H and O–H groups in total. The topological polar surface area (TPSA) is 37.8 Å². The van der Waals surface area contributed by atoms with Crippen molar-refractivity contribution < 1.29 is 0 Å². The van der Waals surface area contributed by atoms with E-state index < -0.39 is 0 Å². The monoisotopic (exact) mass is 397 g/mol. The molecule has 0 aliphatic carbocycles. The molecule has 13 heteroatoms. The van der Waals surface area contributed by atoms with Crippen LogP contribution in [0, 0.1) is 0 Å². The normalized spacial score (nSPS) is 12.7. The molecule has 0 saturated carbocycles. The van der Waals surface area contributed by atoms with Gasteiger partial charge in [-0.1, -0.05) is 23.7 Å². The van der Waals surface area contributed by atoms with E-state index in [2.05, 4.69) is 76.3 Å². The highest BCUT2D eigenvalue weighted by Crippen LogP contribution is 2.54. The summed E-state index contributed by atoms with van der Waals surface area (Å²) >= 11 is 14.0. The van der Waals surface area contributed by atoms with E-state index in [0.717, 1.165) is 10.6 Å². The quantitative estimate of drug-likeness (QED) is 0.345. The summed E-state index contributed by atoms with van der Waals surface area (Å²) in [5, 5.41) is 4.11. The van der Waals surface area contributed by atoms with Crippen LogP contribution >= 0.6 is 35.0 Å². The molecule has 0 radical (unpaired) electrons. The minimum absolute atomic E-state index is 0.00903. The van der Waals surface area contributed by atoms with Gasteiger partial charge in [-0.3, -0.25) is 0 Å². The molecule has 26 heavy (non-hydrogen) atoms. The number of benzene rings is 1. The third kappa shape index (κ3) is 4.66. The predicted molar refractivity (Wildman–Crippen MR) is 136 cm³/mol. The first-order valence-corrected chi connectivity index (χ1v) is 10.2. The summed E-state index contributed by atoms with van der Waals surface area (Å²) in [5.74, 6) is 0.507. The molecule has 0 bridgehead atoms. The lowest BCUT2D eigenvalue weighted by molar-refractivity contribution is 0.805. The lowest BCUT2D eigenvalue weighted by atomic mass is 9.21. The van der Waals surface area contributed by atoms with Crippen LogP contribution in [0.1, 0.15) is 0 Å². The predicted octanol–water partition coefficient (Wildman–Crippen LogP) is -2.11. The first-order valence-electron chi connectivity index (χ1n) is 8.58. The number of hydrogen-bond acceptors (Lipinski definition) is 4. The van der Waals surface area contributed by atoms with Crippen LogP contribution in [-0.2, 0) is 0 Å². The molecular formula is C13H20B7Cl2N3S. The number of nitrogens with zero attached hydrogens (tertiary/aromatic N) is 2. The first-order chi connectivity index (χ1) is 11.8. The highest BCUT2D eigenvalue weighted by atomic mass is 35.5. The molecule has 0 spiro atoms. The van der Waals surface area contributed by atoms with E-state index in [1.54, 1.807) is 0 Å². The lowest BCUT2D eigenvalue weighted by Crippen LogP contribution is -2.53. The zero-order valence-electron chi connectivity index (χ0n) is 16.4. The van der Waals surface area contributed by atoms with E-state index in [9.17, 15) is 0 Å². The van der Waals surface area contributed by atoms with E-state index in [1.165, 1.54) is 6.20 Å². The SMILES string of the molecule is BC(B)(B)C(B)(Sc1ccccc1Nc1nc(Cl)ncc1Cl)C(B)(B)B. The summed E-state index contributed by atoms with van der Waals surface area (Å²) in [6.45, 7) is 0. The van der Waals surface area contributed by atoms with Crippen molar-refractivity contribution in [1.82, 2.24) is 9.97 Å². The van der Waals surface area contributed by atoms with Gasteiger partial charge in [0.15, 0.2) is 5.82 Å². The molecule has 3 nitrogen and oxygen atoms in total. The smallest absolute Gasteiger partial charge is 0.224 e. The number of hydrogen-bond donors (Lipinski definition) is 1. The van der Waals surface area contributed by atoms with Crippen LogP contribution in [0.15, 0.2) is 35.4 Å². The third-order valence-electron chi connectivity index (χ3n) is 5.03. The van der Waals surface area contributed by atoms with Crippen molar-refractivity contribution >= 4 is 101 Å².